The predicted molar refractivity (Wildman–Crippen MR) is 126 cm³/mol. The minimum absolute atomic E-state index is 0.0251. The molecule has 2 amide bonds. The van der Waals surface area contributed by atoms with Gasteiger partial charge in [0, 0.05) is 30.5 Å². The number of hydrogen-bond acceptors (Lipinski definition) is 5. The Kier molecular flexibility index (Phi) is 7.17. The van der Waals surface area contributed by atoms with Gasteiger partial charge in [-0.05, 0) is 30.5 Å². The number of carbonyl (C=O) groups excluding carboxylic acids is 2. The van der Waals surface area contributed by atoms with Crippen LogP contribution in [-0.4, -0.2) is 47.9 Å². The average Bonchev–Trinajstić information content (AvgIpc) is 3.50. The van der Waals surface area contributed by atoms with Crippen LogP contribution in [0.15, 0.2) is 60.0 Å². The fraction of sp³-hybridized carbons (Fsp3) is 0.320. The number of likely N-dealkylation sites (tertiary alicyclic amines) is 1. The van der Waals surface area contributed by atoms with Gasteiger partial charge < -0.3 is 15.0 Å². The van der Waals surface area contributed by atoms with E-state index in [1.807, 2.05) is 60.0 Å². The standard InChI is InChI=1S/C25H27N3O3S/c1-31-21-10-5-7-18(15-21)16-23(29)28-14-6-11-22(28)24(30)26-13-12-20-17-32-25(27-20)19-8-3-2-4-9-19/h2-5,7-10,15,17,22H,6,11-14,16H2,1H3,(H,26,30)/t22-/m1/s1. The van der Waals surface area contributed by atoms with E-state index in [-0.39, 0.29) is 18.2 Å². The molecule has 6 nitrogen and oxygen atoms in total. The summed E-state index contributed by atoms with van der Waals surface area (Å²) in [6.07, 6.45) is 2.47. The molecule has 1 aliphatic heterocycles. The molecule has 4 rings (SSSR count). The topological polar surface area (TPSA) is 71.5 Å². The average molecular weight is 450 g/mol. The number of nitrogens with one attached hydrogen (secondary N) is 1. The summed E-state index contributed by atoms with van der Waals surface area (Å²) in [4.78, 5) is 32.0. The number of methoxy groups -OCH3 is 1. The van der Waals surface area contributed by atoms with Crippen molar-refractivity contribution in [2.75, 3.05) is 20.2 Å². The number of hydrogen-bond donors (Lipinski definition) is 1. The van der Waals surface area contributed by atoms with Crippen LogP contribution in [0.4, 0.5) is 0 Å². The normalized spacial score (nSPS) is 15.5. The molecule has 1 aliphatic rings. The Morgan fingerprint density at radius 3 is 2.84 bits per heavy atom. The molecule has 0 radical (unpaired) electrons. The first kappa shape index (κ1) is 22.0. The van der Waals surface area contributed by atoms with Crippen molar-refractivity contribution in [3.05, 3.63) is 71.2 Å². The van der Waals surface area contributed by atoms with Gasteiger partial charge in [0.1, 0.15) is 16.8 Å². The molecule has 0 saturated carbocycles. The predicted octanol–water partition coefficient (Wildman–Crippen LogP) is 3.71. The van der Waals surface area contributed by atoms with Crippen molar-refractivity contribution in [3.63, 3.8) is 0 Å². The molecule has 2 aromatic carbocycles. The number of rotatable bonds is 8. The molecule has 2 heterocycles. The van der Waals surface area contributed by atoms with E-state index in [9.17, 15) is 9.59 Å². The minimum Gasteiger partial charge on any atom is -0.497 e. The first-order chi connectivity index (χ1) is 15.6. The SMILES string of the molecule is COc1cccc(CC(=O)N2CCC[C@@H]2C(=O)NCCc2csc(-c3ccccc3)n2)c1. The van der Waals surface area contributed by atoms with Crippen molar-refractivity contribution in [1.82, 2.24) is 15.2 Å². The van der Waals surface area contributed by atoms with E-state index in [2.05, 4.69) is 10.3 Å². The highest BCUT2D eigenvalue weighted by Crippen LogP contribution is 2.24. The van der Waals surface area contributed by atoms with E-state index in [1.54, 1.807) is 23.3 Å². The maximum atomic E-state index is 12.9. The maximum absolute atomic E-state index is 12.9. The zero-order valence-corrected chi connectivity index (χ0v) is 18.9. The molecule has 0 bridgehead atoms. The zero-order valence-electron chi connectivity index (χ0n) is 18.1. The van der Waals surface area contributed by atoms with Crippen molar-refractivity contribution in [1.29, 1.82) is 0 Å². The second kappa shape index (κ2) is 10.4. The van der Waals surface area contributed by atoms with Gasteiger partial charge >= 0.3 is 0 Å². The lowest BCUT2D eigenvalue weighted by Gasteiger charge is -2.24. The molecule has 1 saturated heterocycles. The van der Waals surface area contributed by atoms with E-state index in [0.717, 1.165) is 34.0 Å². The summed E-state index contributed by atoms with van der Waals surface area (Å²) in [7, 11) is 1.61. The molecule has 0 aliphatic carbocycles. The van der Waals surface area contributed by atoms with Gasteiger partial charge in [0.15, 0.2) is 0 Å². The highest BCUT2D eigenvalue weighted by Gasteiger charge is 2.33. The lowest BCUT2D eigenvalue weighted by Crippen LogP contribution is -2.46. The Balaban J connectivity index is 1.29. The van der Waals surface area contributed by atoms with Crippen LogP contribution in [0.25, 0.3) is 10.6 Å². The Bertz CT molecular complexity index is 1070. The molecule has 1 aromatic heterocycles. The smallest absolute Gasteiger partial charge is 0.242 e. The van der Waals surface area contributed by atoms with Crippen LogP contribution in [0, 0.1) is 0 Å². The summed E-state index contributed by atoms with van der Waals surface area (Å²) in [6.45, 7) is 1.12. The van der Waals surface area contributed by atoms with Crippen LogP contribution >= 0.6 is 11.3 Å². The third-order valence-electron chi connectivity index (χ3n) is 5.62. The lowest BCUT2D eigenvalue weighted by molar-refractivity contribution is -0.137. The second-order valence-electron chi connectivity index (χ2n) is 7.82. The molecular formula is C25H27N3O3S. The van der Waals surface area contributed by atoms with E-state index in [0.29, 0.717) is 25.9 Å². The van der Waals surface area contributed by atoms with Crippen LogP contribution in [-0.2, 0) is 22.4 Å². The second-order valence-corrected chi connectivity index (χ2v) is 8.68. The van der Waals surface area contributed by atoms with Gasteiger partial charge in [-0.1, -0.05) is 42.5 Å². The van der Waals surface area contributed by atoms with Crippen molar-refractivity contribution in [2.24, 2.45) is 0 Å². The number of ether oxygens (including phenoxy) is 1. The summed E-state index contributed by atoms with van der Waals surface area (Å²) < 4.78 is 5.24. The summed E-state index contributed by atoms with van der Waals surface area (Å²) >= 11 is 1.61. The monoisotopic (exact) mass is 449 g/mol. The molecule has 1 N–H and O–H groups in total. The fourth-order valence-electron chi connectivity index (χ4n) is 3.96. The van der Waals surface area contributed by atoms with Gasteiger partial charge in [-0.15, -0.1) is 11.3 Å². The molecular weight excluding hydrogens is 422 g/mol. The number of carbonyl (C=O) groups is 2. The van der Waals surface area contributed by atoms with E-state index < -0.39 is 6.04 Å². The molecule has 7 heteroatoms. The van der Waals surface area contributed by atoms with Crippen LogP contribution in [0.3, 0.4) is 0 Å². The highest BCUT2D eigenvalue weighted by molar-refractivity contribution is 7.13. The van der Waals surface area contributed by atoms with E-state index in [4.69, 9.17) is 4.74 Å². The zero-order chi connectivity index (χ0) is 22.3. The molecule has 0 unspecified atom stereocenters. The Morgan fingerprint density at radius 2 is 2.03 bits per heavy atom. The molecule has 1 atom stereocenters. The maximum Gasteiger partial charge on any atom is 0.242 e. The number of aromatic nitrogens is 1. The van der Waals surface area contributed by atoms with E-state index >= 15 is 0 Å². The van der Waals surface area contributed by atoms with Gasteiger partial charge in [-0.3, -0.25) is 9.59 Å². The number of nitrogens with zero attached hydrogens (tertiary/aromatic N) is 2. The molecule has 166 valence electrons. The first-order valence-electron chi connectivity index (χ1n) is 10.8. The third kappa shape index (κ3) is 5.34. The lowest BCUT2D eigenvalue weighted by atomic mass is 10.1. The molecule has 0 spiro atoms. The van der Waals surface area contributed by atoms with Crippen molar-refractivity contribution >= 4 is 23.2 Å². The number of amides is 2. The van der Waals surface area contributed by atoms with Crippen molar-refractivity contribution in [2.45, 2.75) is 31.7 Å². The van der Waals surface area contributed by atoms with Gasteiger partial charge in [-0.2, -0.15) is 0 Å². The third-order valence-corrected chi connectivity index (χ3v) is 6.56. The van der Waals surface area contributed by atoms with Crippen LogP contribution < -0.4 is 10.1 Å². The Morgan fingerprint density at radius 1 is 1.19 bits per heavy atom. The van der Waals surface area contributed by atoms with Crippen LogP contribution in [0.1, 0.15) is 24.1 Å². The largest absolute Gasteiger partial charge is 0.497 e. The van der Waals surface area contributed by atoms with Crippen molar-refractivity contribution in [3.8, 4) is 16.3 Å². The Labute approximate surface area is 192 Å². The molecule has 1 fully saturated rings. The molecule has 32 heavy (non-hydrogen) atoms. The van der Waals surface area contributed by atoms with Gasteiger partial charge in [0.25, 0.3) is 0 Å². The first-order valence-corrected chi connectivity index (χ1v) is 11.7. The van der Waals surface area contributed by atoms with Gasteiger partial charge in [0.05, 0.1) is 19.2 Å². The van der Waals surface area contributed by atoms with Gasteiger partial charge in [-0.25, -0.2) is 4.98 Å². The minimum atomic E-state index is -0.400. The van der Waals surface area contributed by atoms with Crippen LogP contribution in [0.5, 0.6) is 5.75 Å². The van der Waals surface area contributed by atoms with Gasteiger partial charge in [0.2, 0.25) is 11.8 Å². The number of benzene rings is 2. The quantitative estimate of drug-likeness (QED) is 0.569. The Hall–Kier alpha value is -3.19. The summed E-state index contributed by atoms with van der Waals surface area (Å²) in [5.41, 5.74) is 2.95. The highest BCUT2D eigenvalue weighted by atomic mass is 32.1. The fourth-order valence-corrected chi connectivity index (χ4v) is 4.82. The summed E-state index contributed by atoms with van der Waals surface area (Å²) in [5.74, 6) is 0.617. The van der Waals surface area contributed by atoms with Crippen molar-refractivity contribution < 1.29 is 14.3 Å². The summed E-state index contributed by atoms with van der Waals surface area (Å²) in [5, 5.41) is 6.02. The van der Waals surface area contributed by atoms with E-state index in [1.165, 1.54) is 0 Å². The van der Waals surface area contributed by atoms with Crippen LogP contribution in [0.2, 0.25) is 0 Å². The number of thiazole rings is 1. The summed E-state index contributed by atoms with van der Waals surface area (Å²) in [6, 6.07) is 17.2. The molecule has 3 aromatic rings.